The molecule has 0 saturated heterocycles. The third-order valence-corrected chi connectivity index (χ3v) is 4.39. The molecule has 0 amide bonds. The Morgan fingerprint density at radius 3 is 2.89 bits per heavy atom. The summed E-state index contributed by atoms with van der Waals surface area (Å²) in [5.41, 5.74) is 2.28. The lowest BCUT2D eigenvalue weighted by Crippen LogP contribution is -2.15. The Labute approximate surface area is 110 Å². The van der Waals surface area contributed by atoms with Crippen LogP contribution in [-0.4, -0.2) is 11.8 Å². The molecule has 0 aromatic heterocycles. The van der Waals surface area contributed by atoms with Gasteiger partial charge < -0.3 is 5.32 Å². The average Bonchev–Trinajstić information content (AvgIpc) is 2.79. The van der Waals surface area contributed by atoms with E-state index < -0.39 is 0 Å². The second-order valence-electron chi connectivity index (χ2n) is 4.44. The molecule has 2 aromatic rings. The van der Waals surface area contributed by atoms with Crippen LogP contribution >= 0.6 is 11.8 Å². The lowest BCUT2D eigenvalue weighted by Gasteiger charge is -2.11. The number of nitrogens with one attached hydrogen (secondary N) is 1. The van der Waals surface area contributed by atoms with Gasteiger partial charge in [0.05, 0.1) is 0 Å². The first-order valence-electron chi connectivity index (χ1n) is 6.05. The van der Waals surface area contributed by atoms with Gasteiger partial charge >= 0.3 is 0 Å². The summed E-state index contributed by atoms with van der Waals surface area (Å²) in [6.07, 6.45) is 1.09. The first kappa shape index (κ1) is 11.6. The van der Waals surface area contributed by atoms with Crippen LogP contribution < -0.4 is 5.32 Å². The highest BCUT2D eigenvalue weighted by Crippen LogP contribution is 2.36. The minimum Gasteiger partial charge on any atom is -0.384 e. The minimum absolute atomic E-state index is 0.192. The maximum Gasteiger partial charge on any atom is 0.125 e. The van der Waals surface area contributed by atoms with Crippen LogP contribution in [0.5, 0.6) is 0 Å². The number of fused-ring (bicyclic) bond motifs is 1. The average molecular weight is 259 g/mol. The Kier molecular flexibility index (Phi) is 3.24. The standard InChI is InChI=1S/C15H14FNS/c16-12-5-3-6-13(9-12)17-10-14-8-11-4-1-2-7-15(11)18-14/h1-7,9,14,17H,8,10H2. The molecule has 0 bridgehead atoms. The molecule has 1 aliphatic rings. The monoisotopic (exact) mass is 259 g/mol. The van der Waals surface area contributed by atoms with Crippen molar-refractivity contribution in [3.63, 3.8) is 0 Å². The molecule has 1 nitrogen and oxygen atoms in total. The van der Waals surface area contributed by atoms with Gasteiger partial charge in [0, 0.05) is 22.4 Å². The Hall–Kier alpha value is -1.48. The Morgan fingerprint density at radius 2 is 2.06 bits per heavy atom. The summed E-state index contributed by atoms with van der Waals surface area (Å²) in [5, 5.41) is 3.83. The molecule has 18 heavy (non-hydrogen) atoms. The van der Waals surface area contributed by atoms with E-state index in [0.717, 1.165) is 18.7 Å². The predicted octanol–water partition coefficient (Wildman–Crippen LogP) is 3.95. The van der Waals surface area contributed by atoms with Crippen LogP contribution in [0.2, 0.25) is 0 Å². The minimum atomic E-state index is -0.192. The molecule has 0 saturated carbocycles. The van der Waals surface area contributed by atoms with Gasteiger partial charge in [0.25, 0.3) is 0 Å². The Morgan fingerprint density at radius 1 is 1.17 bits per heavy atom. The van der Waals surface area contributed by atoms with Crippen molar-refractivity contribution in [3.8, 4) is 0 Å². The first-order valence-corrected chi connectivity index (χ1v) is 6.93. The van der Waals surface area contributed by atoms with Gasteiger partial charge in [-0.1, -0.05) is 24.3 Å². The summed E-state index contributed by atoms with van der Waals surface area (Å²) in [6, 6.07) is 15.1. The third-order valence-electron chi connectivity index (χ3n) is 3.07. The molecule has 2 aromatic carbocycles. The number of benzene rings is 2. The van der Waals surface area contributed by atoms with Gasteiger partial charge in [-0.25, -0.2) is 4.39 Å². The highest BCUT2D eigenvalue weighted by Gasteiger charge is 2.21. The smallest absolute Gasteiger partial charge is 0.125 e. The summed E-state index contributed by atoms with van der Waals surface area (Å²) >= 11 is 1.90. The fraction of sp³-hybridized carbons (Fsp3) is 0.200. The molecule has 1 N–H and O–H groups in total. The van der Waals surface area contributed by atoms with E-state index >= 15 is 0 Å². The zero-order valence-electron chi connectivity index (χ0n) is 9.90. The van der Waals surface area contributed by atoms with Crippen LogP contribution in [0, 0.1) is 5.82 Å². The third kappa shape index (κ3) is 2.51. The normalized spacial score (nSPS) is 17.5. The highest BCUT2D eigenvalue weighted by atomic mass is 32.2. The molecule has 1 unspecified atom stereocenters. The summed E-state index contributed by atoms with van der Waals surface area (Å²) in [5.74, 6) is -0.192. The molecule has 0 aliphatic carbocycles. The number of hydrogen-bond donors (Lipinski definition) is 1. The molecule has 0 spiro atoms. The number of anilines is 1. The van der Waals surface area contributed by atoms with E-state index in [-0.39, 0.29) is 5.82 Å². The Balaban J connectivity index is 1.60. The molecule has 3 heteroatoms. The summed E-state index contributed by atoms with van der Waals surface area (Å²) < 4.78 is 13.0. The fourth-order valence-electron chi connectivity index (χ4n) is 2.20. The fourth-order valence-corrected chi connectivity index (χ4v) is 3.45. The molecule has 0 fully saturated rings. The number of halogens is 1. The Bertz CT molecular complexity index is 531. The van der Waals surface area contributed by atoms with Crippen molar-refractivity contribution in [1.82, 2.24) is 0 Å². The second kappa shape index (κ2) is 5.02. The zero-order valence-corrected chi connectivity index (χ0v) is 10.7. The summed E-state index contributed by atoms with van der Waals surface area (Å²) in [7, 11) is 0. The largest absolute Gasteiger partial charge is 0.384 e. The highest BCUT2D eigenvalue weighted by molar-refractivity contribution is 8.00. The van der Waals surface area contributed by atoms with Crippen molar-refractivity contribution in [2.45, 2.75) is 16.6 Å². The van der Waals surface area contributed by atoms with Gasteiger partial charge in [-0.15, -0.1) is 11.8 Å². The molecular formula is C15H14FNS. The molecule has 1 heterocycles. The number of hydrogen-bond acceptors (Lipinski definition) is 2. The molecule has 92 valence electrons. The second-order valence-corrected chi connectivity index (χ2v) is 5.79. The molecule has 1 aliphatic heterocycles. The maximum atomic E-state index is 13.0. The summed E-state index contributed by atoms with van der Waals surface area (Å²) in [6.45, 7) is 0.864. The van der Waals surface area contributed by atoms with Crippen LogP contribution in [-0.2, 0) is 6.42 Å². The van der Waals surface area contributed by atoms with Crippen molar-refractivity contribution in [2.24, 2.45) is 0 Å². The van der Waals surface area contributed by atoms with Crippen LogP contribution in [0.3, 0.4) is 0 Å². The van der Waals surface area contributed by atoms with Crippen LogP contribution in [0.4, 0.5) is 10.1 Å². The van der Waals surface area contributed by atoms with E-state index in [2.05, 4.69) is 29.6 Å². The van der Waals surface area contributed by atoms with Gasteiger partial charge in [-0.2, -0.15) is 0 Å². The topological polar surface area (TPSA) is 12.0 Å². The maximum absolute atomic E-state index is 13.0. The SMILES string of the molecule is Fc1cccc(NCC2Cc3ccccc3S2)c1. The van der Waals surface area contributed by atoms with Gasteiger partial charge in [0.2, 0.25) is 0 Å². The van der Waals surface area contributed by atoms with E-state index in [1.165, 1.54) is 22.6 Å². The lowest BCUT2D eigenvalue weighted by molar-refractivity contribution is 0.628. The molecule has 1 atom stereocenters. The van der Waals surface area contributed by atoms with Gasteiger partial charge in [0.1, 0.15) is 5.82 Å². The van der Waals surface area contributed by atoms with Crippen molar-refractivity contribution < 1.29 is 4.39 Å². The number of thioether (sulfide) groups is 1. The van der Waals surface area contributed by atoms with E-state index in [0.29, 0.717) is 5.25 Å². The van der Waals surface area contributed by atoms with E-state index in [1.54, 1.807) is 6.07 Å². The first-order chi connectivity index (χ1) is 8.81. The van der Waals surface area contributed by atoms with Gasteiger partial charge in [-0.3, -0.25) is 0 Å². The van der Waals surface area contributed by atoms with Crippen molar-refractivity contribution >= 4 is 17.4 Å². The van der Waals surface area contributed by atoms with Gasteiger partial charge in [-0.05, 0) is 36.2 Å². The van der Waals surface area contributed by atoms with Crippen molar-refractivity contribution in [2.75, 3.05) is 11.9 Å². The van der Waals surface area contributed by atoms with Gasteiger partial charge in [0.15, 0.2) is 0 Å². The van der Waals surface area contributed by atoms with Crippen molar-refractivity contribution in [3.05, 3.63) is 59.9 Å². The summed E-state index contributed by atoms with van der Waals surface area (Å²) in [4.78, 5) is 1.38. The van der Waals surface area contributed by atoms with Crippen molar-refractivity contribution in [1.29, 1.82) is 0 Å². The molecular weight excluding hydrogens is 245 g/mol. The van der Waals surface area contributed by atoms with E-state index in [1.807, 2.05) is 17.8 Å². The predicted molar refractivity (Wildman–Crippen MR) is 74.7 cm³/mol. The van der Waals surface area contributed by atoms with E-state index in [4.69, 9.17) is 0 Å². The zero-order chi connectivity index (χ0) is 12.4. The number of rotatable bonds is 3. The molecule has 3 rings (SSSR count). The van der Waals surface area contributed by atoms with Crippen LogP contribution in [0.1, 0.15) is 5.56 Å². The lowest BCUT2D eigenvalue weighted by atomic mass is 10.1. The van der Waals surface area contributed by atoms with Crippen LogP contribution in [0.25, 0.3) is 0 Å². The van der Waals surface area contributed by atoms with E-state index in [9.17, 15) is 4.39 Å². The molecule has 0 radical (unpaired) electrons. The van der Waals surface area contributed by atoms with Crippen LogP contribution in [0.15, 0.2) is 53.4 Å². The quantitative estimate of drug-likeness (QED) is 0.895.